The Morgan fingerprint density at radius 1 is 1.41 bits per heavy atom. The van der Waals surface area contributed by atoms with Gasteiger partial charge in [-0.15, -0.1) is 5.10 Å². The smallest absolute Gasteiger partial charge is 0.244 e. The lowest BCUT2D eigenvalue weighted by Gasteiger charge is -2.25. The molecule has 1 atom stereocenters. The van der Waals surface area contributed by atoms with Crippen molar-refractivity contribution in [1.29, 1.82) is 0 Å². The first-order chi connectivity index (χ1) is 10.7. The summed E-state index contributed by atoms with van der Waals surface area (Å²) in [6, 6.07) is 9.68. The molecule has 2 heterocycles. The number of benzene rings is 1. The molecule has 0 aliphatic carbocycles. The Morgan fingerprint density at radius 2 is 2.18 bits per heavy atom. The van der Waals surface area contributed by atoms with Crippen molar-refractivity contribution >= 4 is 34.7 Å². The van der Waals surface area contributed by atoms with Crippen LogP contribution in [0.25, 0.3) is 0 Å². The second-order valence-electron chi connectivity index (χ2n) is 5.19. The number of hydrogen-bond donors (Lipinski definition) is 0. The Kier molecular flexibility index (Phi) is 4.71. The summed E-state index contributed by atoms with van der Waals surface area (Å²) in [7, 11) is 0. The molecule has 1 amide bonds. The van der Waals surface area contributed by atoms with Crippen molar-refractivity contribution in [3.63, 3.8) is 0 Å². The van der Waals surface area contributed by atoms with Crippen LogP contribution in [-0.4, -0.2) is 39.5 Å². The molecule has 0 saturated carbocycles. The van der Waals surface area contributed by atoms with Gasteiger partial charge in [-0.2, -0.15) is 0 Å². The summed E-state index contributed by atoms with van der Waals surface area (Å²) < 4.78 is 4.46. The molecule has 1 aromatic heterocycles. The Balaban J connectivity index is 1.74. The molecule has 0 bridgehead atoms. The topological polar surface area (TPSA) is 49.3 Å². The number of nitrogens with zero attached hydrogens (tertiary/aromatic N) is 4. The van der Waals surface area contributed by atoms with Crippen LogP contribution in [0.5, 0.6) is 0 Å². The summed E-state index contributed by atoms with van der Waals surface area (Å²) in [4.78, 5) is 16.7. The van der Waals surface area contributed by atoms with Crippen molar-refractivity contribution in [2.24, 2.45) is 0 Å². The van der Waals surface area contributed by atoms with Crippen LogP contribution < -0.4 is 4.90 Å². The fraction of sp³-hybridized carbons (Fsp3) is 0.400. The van der Waals surface area contributed by atoms with E-state index in [1.807, 2.05) is 42.2 Å². The van der Waals surface area contributed by atoms with E-state index in [0.717, 1.165) is 30.9 Å². The second kappa shape index (κ2) is 6.73. The van der Waals surface area contributed by atoms with E-state index in [1.54, 1.807) is 0 Å². The zero-order valence-electron chi connectivity index (χ0n) is 12.3. The molecule has 0 spiro atoms. The quantitative estimate of drug-likeness (QED) is 0.842. The lowest BCUT2D eigenvalue weighted by atomic mass is 10.2. The van der Waals surface area contributed by atoms with Crippen LogP contribution in [0.2, 0.25) is 4.34 Å². The molecule has 22 heavy (non-hydrogen) atoms. The van der Waals surface area contributed by atoms with Crippen molar-refractivity contribution in [1.82, 2.24) is 14.5 Å². The van der Waals surface area contributed by atoms with Gasteiger partial charge in [0, 0.05) is 30.3 Å². The number of aromatic nitrogens is 2. The fourth-order valence-electron chi connectivity index (χ4n) is 2.79. The standard InChI is InChI=1S/C15H17ClN4OS/c1-2-19(10-12-14(16)22-18-17-12)13-8-9-20(15(13)21)11-6-4-3-5-7-11/h3-7,13H,2,8-10H2,1H3/t13-/m0/s1. The largest absolute Gasteiger partial charge is 0.311 e. The molecule has 2 aromatic rings. The molecule has 5 nitrogen and oxygen atoms in total. The predicted molar refractivity (Wildman–Crippen MR) is 88.2 cm³/mol. The van der Waals surface area contributed by atoms with Crippen LogP contribution in [0.4, 0.5) is 5.69 Å². The summed E-state index contributed by atoms with van der Waals surface area (Å²) in [6.07, 6.45) is 0.816. The van der Waals surface area contributed by atoms with Gasteiger partial charge in [-0.1, -0.05) is 41.2 Å². The van der Waals surface area contributed by atoms with Gasteiger partial charge >= 0.3 is 0 Å². The van der Waals surface area contributed by atoms with E-state index < -0.39 is 0 Å². The Hall–Kier alpha value is -1.50. The first kappa shape index (κ1) is 15.4. The molecule has 1 aliphatic heterocycles. The minimum atomic E-state index is -0.122. The normalized spacial score (nSPS) is 18.4. The van der Waals surface area contributed by atoms with Crippen molar-refractivity contribution in [3.05, 3.63) is 40.4 Å². The second-order valence-corrected chi connectivity index (χ2v) is 6.54. The zero-order chi connectivity index (χ0) is 15.5. The van der Waals surface area contributed by atoms with Crippen molar-refractivity contribution in [3.8, 4) is 0 Å². The van der Waals surface area contributed by atoms with E-state index in [2.05, 4.69) is 14.5 Å². The SMILES string of the molecule is CCN(Cc1nnsc1Cl)[C@H]1CCN(c2ccccc2)C1=O. The molecule has 116 valence electrons. The minimum Gasteiger partial charge on any atom is -0.311 e. The number of likely N-dealkylation sites (N-methyl/N-ethyl adjacent to an activating group) is 1. The highest BCUT2D eigenvalue weighted by atomic mass is 35.5. The molecule has 1 fully saturated rings. The lowest BCUT2D eigenvalue weighted by molar-refractivity contribution is -0.121. The molecule has 1 aromatic carbocycles. The van der Waals surface area contributed by atoms with Gasteiger partial charge in [0.15, 0.2) is 0 Å². The number of carbonyl (C=O) groups excluding carboxylic acids is 1. The maximum Gasteiger partial charge on any atom is 0.244 e. The molecule has 0 N–H and O–H groups in total. The first-order valence-corrected chi connectivity index (χ1v) is 8.43. The van der Waals surface area contributed by atoms with Gasteiger partial charge in [-0.3, -0.25) is 9.69 Å². The van der Waals surface area contributed by atoms with Crippen LogP contribution >= 0.6 is 23.1 Å². The highest BCUT2D eigenvalue weighted by molar-refractivity contribution is 7.10. The third kappa shape index (κ3) is 2.99. The van der Waals surface area contributed by atoms with Gasteiger partial charge in [-0.05, 0) is 25.1 Å². The van der Waals surface area contributed by atoms with Gasteiger partial charge < -0.3 is 4.90 Å². The van der Waals surface area contributed by atoms with E-state index in [4.69, 9.17) is 11.6 Å². The molecular weight excluding hydrogens is 320 g/mol. The Labute approximate surface area is 138 Å². The van der Waals surface area contributed by atoms with E-state index in [0.29, 0.717) is 10.9 Å². The summed E-state index contributed by atoms with van der Waals surface area (Å²) in [6.45, 7) is 4.12. The number of halogens is 1. The fourth-order valence-corrected chi connectivity index (χ4v) is 3.41. The summed E-state index contributed by atoms with van der Waals surface area (Å²) in [5.41, 5.74) is 1.71. The zero-order valence-corrected chi connectivity index (χ0v) is 13.8. The third-order valence-electron chi connectivity index (χ3n) is 3.95. The number of amides is 1. The minimum absolute atomic E-state index is 0.122. The average Bonchev–Trinajstić information content (AvgIpc) is 3.12. The number of hydrogen-bond acceptors (Lipinski definition) is 5. The van der Waals surface area contributed by atoms with E-state index in [9.17, 15) is 4.79 Å². The van der Waals surface area contributed by atoms with Gasteiger partial charge in [0.25, 0.3) is 0 Å². The van der Waals surface area contributed by atoms with Gasteiger partial charge in [0.1, 0.15) is 10.0 Å². The Bertz CT molecular complexity index is 648. The highest BCUT2D eigenvalue weighted by Crippen LogP contribution is 2.26. The lowest BCUT2D eigenvalue weighted by Crippen LogP contribution is -2.41. The van der Waals surface area contributed by atoms with Crippen LogP contribution in [0.15, 0.2) is 30.3 Å². The monoisotopic (exact) mass is 336 g/mol. The van der Waals surface area contributed by atoms with Gasteiger partial charge in [0.05, 0.1) is 6.04 Å². The van der Waals surface area contributed by atoms with Gasteiger partial charge in [-0.25, -0.2) is 0 Å². The predicted octanol–water partition coefficient (Wildman–Crippen LogP) is 2.82. The van der Waals surface area contributed by atoms with Crippen LogP contribution in [-0.2, 0) is 11.3 Å². The van der Waals surface area contributed by atoms with Crippen molar-refractivity contribution in [2.75, 3.05) is 18.0 Å². The van der Waals surface area contributed by atoms with Crippen molar-refractivity contribution in [2.45, 2.75) is 25.9 Å². The number of para-hydroxylation sites is 1. The van der Waals surface area contributed by atoms with Crippen molar-refractivity contribution < 1.29 is 4.79 Å². The van der Waals surface area contributed by atoms with E-state index in [-0.39, 0.29) is 11.9 Å². The molecule has 7 heteroatoms. The summed E-state index contributed by atoms with van der Waals surface area (Å²) in [5, 5.41) is 4.05. The highest BCUT2D eigenvalue weighted by Gasteiger charge is 2.36. The molecule has 3 rings (SSSR count). The molecule has 0 unspecified atom stereocenters. The number of anilines is 1. The van der Waals surface area contributed by atoms with E-state index in [1.165, 1.54) is 11.5 Å². The molecule has 1 saturated heterocycles. The summed E-state index contributed by atoms with van der Waals surface area (Å²) in [5.74, 6) is 0.146. The third-order valence-corrected chi connectivity index (χ3v) is 4.94. The molecule has 0 radical (unpaired) electrons. The summed E-state index contributed by atoms with van der Waals surface area (Å²) >= 11 is 7.26. The maximum absolute atomic E-state index is 12.7. The average molecular weight is 337 g/mol. The molecular formula is C15H17ClN4OS. The van der Waals surface area contributed by atoms with Crippen LogP contribution in [0.1, 0.15) is 19.0 Å². The van der Waals surface area contributed by atoms with Gasteiger partial charge in [0.2, 0.25) is 5.91 Å². The molecule has 1 aliphatic rings. The Morgan fingerprint density at radius 3 is 2.82 bits per heavy atom. The maximum atomic E-state index is 12.7. The van der Waals surface area contributed by atoms with E-state index >= 15 is 0 Å². The number of rotatable bonds is 5. The first-order valence-electron chi connectivity index (χ1n) is 7.28. The van der Waals surface area contributed by atoms with Crippen LogP contribution in [0.3, 0.4) is 0 Å². The van der Waals surface area contributed by atoms with Crippen LogP contribution in [0, 0.1) is 0 Å². The number of carbonyl (C=O) groups is 1.